The van der Waals surface area contributed by atoms with Gasteiger partial charge >= 0.3 is 0 Å². The fourth-order valence-corrected chi connectivity index (χ4v) is 2.34. The number of aryl methyl sites for hydroxylation is 2. The summed E-state index contributed by atoms with van der Waals surface area (Å²) in [4.78, 5) is 0. The molecule has 0 spiro atoms. The van der Waals surface area contributed by atoms with Crippen molar-refractivity contribution in [2.24, 2.45) is 7.05 Å². The molecule has 0 bridgehead atoms. The standard InChI is InChI=1S/C15H21N3O3/c1-10-13(15(21-4)18(2)17-10)8-16-12-5-6-14(20-3)11(7-12)9-19/h5-7,16,19H,8-9H2,1-4H3. The molecule has 0 atom stereocenters. The molecule has 0 fully saturated rings. The number of aliphatic hydroxyl groups excluding tert-OH is 1. The smallest absolute Gasteiger partial charge is 0.216 e. The molecule has 0 unspecified atom stereocenters. The van der Waals surface area contributed by atoms with Gasteiger partial charge in [0, 0.05) is 24.8 Å². The van der Waals surface area contributed by atoms with Crippen LogP contribution in [0.25, 0.3) is 0 Å². The number of rotatable bonds is 6. The summed E-state index contributed by atoms with van der Waals surface area (Å²) in [6.07, 6.45) is 0. The molecule has 0 saturated carbocycles. The van der Waals surface area contributed by atoms with Gasteiger partial charge in [-0.05, 0) is 25.1 Å². The minimum absolute atomic E-state index is 0.0616. The Morgan fingerprint density at radius 1 is 1.29 bits per heavy atom. The van der Waals surface area contributed by atoms with Crippen molar-refractivity contribution in [3.8, 4) is 11.6 Å². The van der Waals surface area contributed by atoms with E-state index in [-0.39, 0.29) is 6.61 Å². The van der Waals surface area contributed by atoms with Crippen LogP contribution < -0.4 is 14.8 Å². The predicted octanol–water partition coefficient (Wildman–Crippen LogP) is 1.85. The van der Waals surface area contributed by atoms with Crippen LogP contribution >= 0.6 is 0 Å². The van der Waals surface area contributed by atoms with Crippen molar-refractivity contribution in [2.75, 3.05) is 19.5 Å². The number of hydrogen-bond acceptors (Lipinski definition) is 5. The van der Waals surface area contributed by atoms with Crippen LogP contribution in [-0.4, -0.2) is 29.1 Å². The molecule has 0 saturated heterocycles. The quantitative estimate of drug-likeness (QED) is 0.850. The van der Waals surface area contributed by atoms with E-state index in [1.54, 1.807) is 18.9 Å². The highest BCUT2D eigenvalue weighted by Gasteiger charge is 2.13. The first-order valence-corrected chi connectivity index (χ1v) is 6.68. The first kappa shape index (κ1) is 15.2. The van der Waals surface area contributed by atoms with E-state index in [1.807, 2.05) is 32.2 Å². The maximum atomic E-state index is 9.35. The summed E-state index contributed by atoms with van der Waals surface area (Å²) in [5, 5.41) is 17.0. The van der Waals surface area contributed by atoms with E-state index in [9.17, 15) is 5.11 Å². The van der Waals surface area contributed by atoms with Gasteiger partial charge in [-0.2, -0.15) is 5.10 Å². The van der Waals surface area contributed by atoms with Crippen molar-refractivity contribution in [1.82, 2.24) is 9.78 Å². The second-order valence-electron chi connectivity index (χ2n) is 4.74. The van der Waals surface area contributed by atoms with Crippen molar-refractivity contribution < 1.29 is 14.6 Å². The van der Waals surface area contributed by atoms with Crippen molar-refractivity contribution in [3.63, 3.8) is 0 Å². The molecule has 21 heavy (non-hydrogen) atoms. The fraction of sp³-hybridized carbons (Fsp3) is 0.400. The monoisotopic (exact) mass is 291 g/mol. The molecule has 1 aromatic heterocycles. The van der Waals surface area contributed by atoms with Gasteiger partial charge in [0.15, 0.2) is 0 Å². The number of methoxy groups -OCH3 is 2. The summed E-state index contributed by atoms with van der Waals surface area (Å²) in [5.74, 6) is 1.43. The third-order valence-electron chi connectivity index (χ3n) is 3.40. The van der Waals surface area contributed by atoms with Crippen LogP contribution in [0.3, 0.4) is 0 Å². The topological polar surface area (TPSA) is 68.5 Å². The SMILES string of the molecule is COc1ccc(NCc2c(C)nn(C)c2OC)cc1CO. The lowest BCUT2D eigenvalue weighted by molar-refractivity contribution is 0.274. The van der Waals surface area contributed by atoms with E-state index in [0.29, 0.717) is 12.3 Å². The van der Waals surface area contributed by atoms with Gasteiger partial charge in [-0.3, -0.25) is 0 Å². The Morgan fingerprint density at radius 3 is 2.67 bits per heavy atom. The lowest BCUT2D eigenvalue weighted by Crippen LogP contribution is -2.03. The second-order valence-corrected chi connectivity index (χ2v) is 4.74. The molecule has 2 N–H and O–H groups in total. The number of hydrogen-bond donors (Lipinski definition) is 2. The highest BCUT2D eigenvalue weighted by Crippen LogP contribution is 2.25. The summed E-state index contributed by atoms with van der Waals surface area (Å²) in [7, 11) is 5.08. The normalized spacial score (nSPS) is 10.5. The average Bonchev–Trinajstić information content (AvgIpc) is 2.77. The van der Waals surface area contributed by atoms with Gasteiger partial charge in [0.05, 0.1) is 32.1 Å². The zero-order valence-corrected chi connectivity index (χ0v) is 12.8. The Kier molecular flexibility index (Phi) is 4.70. The van der Waals surface area contributed by atoms with Gasteiger partial charge in [0.1, 0.15) is 5.75 Å². The highest BCUT2D eigenvalue weighted by molar-refractivity contribution is 5.52. The molecule has 0 aliphatic carbocycles. The molecule has 6 nitrogen and oxygen atoms in total. The molecule has 0 aliphatic rings. The average molecular weight is 291 g/mol. The van der Waals surface area contributed by atoms with Gasteiger partial charge in [0.25, 0.3) is 0 Å². The summed E-state index contributed by atoms with van der Waals surface area (Å²) in [6, 6.07) is 5.62. The summed E-state index contributed by atoms with van der Waals surface area (Å²) < 4.78 is 12.3. The predicted molar refractivity (Wildman–Crippen MR) is 80.7 cm³/mol. The Hall–Kier alpha value is -2.21. The van der Waals surface area contributed by atoms with Crippen molar-refractivity contribution in [2.45, 2.75) is 20.1 Å². The maximum absolute atomic E-state index is 9.35. The van der Waals surface area contributed by atoms with Crippen LogP contribution in [0, 0.1) is 6.92 Å². The van der Waals surface area contributed by atoms with E-state index in [4.69, 9.17) is 9.47 Å². The fourth-order valence-electron chi connectivity index (χ4n) is 2.34. The first-order chi connectivity index (χ1) is 10.1. The number of aliphatic hydroxyl groups is 1. The minimum atomic E-state index is -0.0616. The molecular weight excluding hydrogens is 270 g/mol. The van der Waals surface area contributed by atoms with Crippen LogP contribution in [0.4, 0.5) is 5.69 Å². The van der Waals surface area contributed by atoms with Crippen LogP contribution in [0.1, 0.15) is 16.8 Å². The third-order valence-corrected chi connectivity index (χ3v) is 3.40. The van der Waals surface area contributed by atoms with E-state index >= 15 is 0 Å². The number of aromatic nitrogens is 2. The molecule has 0 amide bonds. The van der Waals surface area contributed by atoms with Crippen molar-refractivity contribution >= 4 is 5.69 Å². The molecule has 114 valence electrons. The van der Waals surface area contributed by atoms with Gasteiger partial charge in [-0.25, -0.2) is 4.68 Å². The van der Waals surface area contributed by atoms with Crippen LogP contribution in [0.2, 0.25) is 0 Å². The highest BCUT2D eigenvalue weighted by atomic mass is 16.5. The number of nitrogens with one attached hydrogen (secondary N) is 1. The Bertz CT molecular complexity index is 623. The van der Waals surface area contributed by atoms with Gasteiger partial charge in [0.2, 0.25) is 5.88 Å². The van der Waals surface area contributed by atoms with Crippen LogP contribution in [0.5, 0.6) is 11.6 Å². The van der Waals surface area contributed by atoms with Gasteiger partial charge < -0.3 is 19.9 Å². The Morgan fingerprint density at radius 2 is 2.05 bits per heavy atom. The number of ether oxygens (including phenoxy) is 2. The Balaban J connectivity index is 2.17. The van der Waals surface area contributed by atoms with E-state index in [2.05, 4.69) is 10.4 Å². The lowest BCUT2D eigenvalue weighted by Gasteiger charge is -2.11. The maximum Gasteiger partial charge on any atom is 0.216 e. The van der Waals surface area contributed by atoms with Gasteiger partial charge in [-0.15, -0.1) is 0 Å². The first-order valence-electron chi connectivity index (χ1n) is 6.68. The molecule has 0 aliphatic heterocycles. The molecule has 2 rings (SSSR count). The second kappa shape index (κ2) is 6.49. The summed E-state index contributed by atoms with van der Waals surface area (Å²) in [6.45, 7) is 2.49. The number of nitrogens with zero attached hydrogens (tertiary/aromatic N) is 2. The summed E-state index contributed by atoms with van der Waals surface area (Å²) >= 11 is 0. The van der Waals surface area contributed by atoms with E-state index < -0.39 is 0 Å². The number of benzene rings is 1. The third kappa shape index (κ3) is 3.11. The van der Waals surface area contributed by atoms with E-state index in [0.717, 1.165) is 28.4 Å². The molecule has 0 radical (unpaired) electrons. The van der Waals surface area contributed by atoms with Crippen LogP contribution in [-0.2, 0) is 20.2 Å². The zero-order chi connectivity index (χ0) is 15.4. The van der Waals surface area contributed by atoms with Crippen molar-refractivity contribution in [1.29, 1.82) is 0 Å². The minimum Gasteiger partial charge on any atom is -0.496 e. The molecule has 6 heteroatoms. The van der Waals surface area contributed by atoms with Crippen molar-refractivity contribution in [3.05, 3.63) is 35.0 Å². The van der Waals surface area contributed by atoms with Crippen LogP contribution in [0.15, 0.2) is 18.2 Å². The molecule has 1 aromatic carbocycles. The summed E-state index contributed by atoms with van der Waals surface area (Å²) in [5.41, 5.74) is 3.60. The molecule has 1 heterocycles. The lowest BCUT2D eigenvalue weighted by atomic mass is 10.1. The number of anilines is 1. The Labute approximate surface area is 124 Å². The largest absolute Gasteiger partial charge is 0.496 e. The molecular formula is C15H21N3O3. The molecule has 2 aromatic rings. The zero-order valence-electron chi connectivity index (χ0n) is 12.8. The van der Waals surface area contributed by atoms with Gasteiger partial charge in [-0.1, -0.05) is 0 Å². The van der Waals surface area contributed by atoms with E-state index in [1.165, 1.54) is 0 Å².